The number of carbonyl (C=O) groups excluding carboxylic acids is 1. The second-order valence-electron chi connectivity index (χ2n) is 8.95. The number of hydrogen-bond acceptors (Lipinski definition) is 2. The molecule has 0 saturated heterocycles. The maximum absolute atomic E-state index is 12.5. The average Bonchev–Trinajstić information content (AvgIpc) is 2.70. The van der Waals surface area contributed by atoms with Gasteiger partial charge in [-0.3, -0.25) is 4.79 Å². The van der Waals surface area contributed by atoms with Gasteiger partial charge in [0.25, 0.3) is 5.91 Å². The average molecular weight is 458 g/mol. The van der Waals surface area contributed by atoms with Gasteiger partial charge in [-0.05, 0) is 87.8 Å². The molecule has 3 rings (SSSR count). The summed E-state index contributed by atoms with van der Waals surface area (Å²) in [6.45, 7) is 8.64. The zero-order valence-corrected chi connectivity index (χ0v) is 19.6. The van der Waals surface area contributed by atoms with Crippen molar-refractivity contribution in [1.29, 1.82) is 0 Å². The van der Waals surface area contributed by atoms with Crippen molar-refractivity contribution in [2.24, 2.45) is 0 Å². The molecule has 0 heterocycles. The number of ether oxygens (including phenoxy) is 1. The van der Waals surface area contributed by atoms with Crippen LogP contribution in [0, 0.1) is 0 Å². The van der Waals surface area contributed by atoms with Gasteiger partial charge in [0.05, 0.1) is 10.5 Å². The van der Waals surface area contributed by atoms with Gasteiger partial charge in [0, 0.05) is 0 Å². The van der Waals surface area contributed by atoms with Crippen LogP contribution in [-0.4, -0.2) is 12.5 Å². The molecule has 29 heavy (non-hydrogen) atoms. The summed E-state index contributed by atoms with van der Waals surface area (Å²) in [5.41, 5.74) is 5.40. The molecule has 1 aliphatic carbocycles. The van der Waals surface area contributed by atoms with Crippen LogP contribution in [0.2, 0.25) is 0 Å². The standard InChI is InChI=1S/C25H32BrNO2/c1-5-22(19-11-10-17-8-6-7-9-18(17)14-19)27-24(28)16-29-23-13-12-20(15-21(23)26)25(2,3)4/h10-15,22H,5-9,16H2,1-4H3,(H,27,28). The Hall–Kier alpha value is -1.81. The van der Waals surface area contributed by atoms with Gasteiger partial charge in [0.15, 0.2) is 6.61 Å². The largest absolute Gasteiger partial charge is 0.483 e. The monoisotopic (exact) mass is 457 g/mol. The molecule has 0 aliphatic heterocycles. The fourth-order valence-electron chi connectivity index (χ4n) is 3.85. The fourth-order valence-corrected chi connectivity index (χ4v) is 4.35. The van der Waals surface area contributed by atoms with Gasteiger partial charge in [-0.2, -0.15) is 0 Å². The van der Waals surface area contributed by atoms with Gasteiger partial charge in [-0.15, -0.1) is 0 Å². The highest BCUT2D eigenvalue weighted by atomic mass is 79.9. The van der Waals surface area contributed by atoms with Crippen LogP contribution in [0.4, 0.5) is 0 Å². The van der Waals surface area contributed by atoms with Crippen LogP contribution in [0.3, 0.4) is 0 Å². The molecule has 2 aromatic carbocycles. The lowest BCUT2D eigenvalue weighted by Crippen LogP contribution is -2.32. The molecule has 1 aliphatic rings. The van der Waals surface area contributed by atoms with Crippen molar-refractivity contribution in [1.82, 2.24) is 5.32 Å². The molecule has 1 amide bonds. The van der Waals surface area contributed by atoms with Crippen LogP contribution in [-0.2, 0) is 23.1 Å². The SMILES string of the molecule is CCC(NC(=O)COc1ccc(C(C)(C)C)cc1Br)c1ccc2c(c1)CCCC2. The fraction of sp³-hybridized carbons (Fsp3) is 0.480. The van der Waals surface area contributed by atoms with E-state index in [0.717, 1.165) is 17.3 Å². The molecule has 2 aromatic rings. The third-order valence-electron chi connectivity index (χ3n) is 5.68. The van der Waals surface area contributed by atoms with E-state index in [2.05, 4.69) is 79.3 Å². The first-order chi connectivity index (χ1) is 13.8. The molecule has 1 unspecified atom stereocenters. The molecule has 0 saturated carbocycles. The van der Waals surface area contributed by atoms with Crippen molar-refractivity contribution in [3.05, 3.63) is 63.1 Å². The van der Waals surface area contributed by atoms with E-state index < -0.39 is 0 Å². The quantitative estimate of drug-likeness (QED) is 0.554. The van der Waals surface area contributed by atoms with Crippen molar-refractivity contribution in [2.75, 3.05) is 6.61 Å². The van der Waals surface area contributed by atoms with E-state index >= 15 is 0 Å². The van der Waals surface area contributed by atoms with Crippen LogP contribution in [0.5, 0.6) is 5.75 Å². The third-order valence-corrected chi connectivity index (χ3v) is 6.29. The maximum Gasteiger partial charge on any atom is 0.258 e. The van der Waals surface area contributed by atoms with E-state index in [1.807, 2.05) is 6.07 Å². The van der Waals surface area contributed by atoms with E-state index in [-0.39, 0.29) is 24.0 Å². The number of rotatable bonds is 6. The van der Waals surface area contributed by atoms with Gasteiger partial charge in [0.1, 0.15) is 5.75 Å². The predicted octanol–water partition coefficient (Wildman–Crippen LogP) is 6.27. The number of fused-ring (bicyclic) bond motifs is 1. The zero-order chi connectivity index (χ0) is 21.0. The van der Waals surface area contributed by atoms with Crippen molar-refractivity contribution in [3.63, 3.8) is 0 Å². The summed E-state index contributed by atoms with van der Waals surface area (Å²) in [4.78, 5) is 12.5. The summed E-state index contributed by atoms with van der Waals surface area (Å²) in [7, 11) is 0. The molecule has 0 aromatic heterocycles. The van der Waals surface area contributed by atoms with Crippen molar-refractivity contribution >= 4 is 21.8 Å². The first kappa shape index (κ1) is 21.9. The Morgan fingerprint density at radius 1 is 1.10 bits per heavy atom. The second kappa shape index (κ2) is 9.34. The highest BCUT2D eigenvalue weighted by molar-refractivity contribution is 9.10. The Morgan fingerprint density at radius 3 is 2.48 bits per heavy atom. The summed E-state index contributed by atoms with van der Waals surface area (Å²) < 4.78 is 6.65. The Bertz CT molecular complexity index is 870. The molecular weight excluding hydrogens is 426 g/mol. The summed E-state index contributed by atoms with van der Waals surface area (Å²) in [5, 5.41) is 3.14. The van der Waals surface area contributed by atoms with Crippen LogP contribution in [0.1, 0.15) is 75.3 Å². The molecule has 1 N–H and O–H groups in total. The summed E-state index contributed by atoms with van der Waals surface area (Å²) in [6.07, 6.45) is 5.72. The minimum Gasteiger partial charge on any atom is -0.483 e. The summed E-state index contributed by atoms with van der Waals surface area (Å²) in [5.74, 6) is 0.594. The highest BCUT2D eigenvalue weighted by Gasteiger charge is 2.18. The molecule has 0 radical (unpaired) electrons. The molecular formula is C25H32BrNO2. The molecule has 4 heteroatoms. The number of carbonyl (C=O) groups is 1. The smallest absolute Gasteiger partial charge is 0.258 e. The summed E-state index contributed by atoms with van der Waals surface area (Å²) in [6, 6.07) is 12.8. The lowest BCUT2D eigenvalue weighted by Gasteiger charge is -2.22. The Balaban J connectivity index is 1.61. The second-order valence-corrected chi connectivity index (χ2v) is 9.80. The van der Waals surface area contributed by atoms with Crippen molar-refractivity contribution < 1.29 is 9.53 Å². The van der Waals surface area contributed by atoms with E-state index in [9.17, 15) is 4.79 Å². The number of amides is 1. The number of benzene rings is 2. The van der Waals surface area contributed by atoms with Crippen LogP contribution in [0.25, 0.3) is 0 Å². The van der Waals surface area contributed by atoms with Crippen LogP contribution < -0.4 is 10.1 Å². The van der Waals surface area contributed by atoms with E-state index in [1.165, 1.54) is 41.5 Å². The normalized spacial score (nSPS) is 14.8. The molecule has 0 spiro atoms. The van der Waals surface area contributed by atoms with E-state index in [1.54, 1.807) is 0 Å². The Morgan fingerprint density at radius 2 is 1.83 bits per heavy atom. The van der Waals surface area contributed by atoms with Crippen LogP contribution in [0.15, 0.2) is 40.9 Å². The third kappa shape index (κ3) is 5.63. The van der Waals surface area contributed by atoms with Crippen molar-refractivity contribution in [3.8, 4) is 5.75 Å². The first-order valence-corrected chi connectivity index (χ1v) is 11.4. The molecule has 0 bridgehead atoms. The maximum atomic E-state index is 12.5. The number of hydrogen-bond donors (Lipinski definition) is 1. The molecule has 0 fully saturated rings. The molecule has 3 nitrogen and oxygen atoms in total. The number of halogens is 1. The molecule has 1 atom stereocenters. The first-order valence-electron chi connectivity index (χ1n) is 10.6. The lowest BCUT2D eigenvalue weighted by molar-refractivity contribution is -0.123. The Labute approximate surface area is 183 Å². The topological polar surface area (TPSA) is 38.3 Å². The minimum atomic E-state index is -0.0960. The number of aryl methyl sites for hydroxylation is 2. The van der Waals surface area contributed by atoms with Gasteiger partial charge in [0.2, 0.25) is 0 Å². The minimum absolute atomic E-state index is 0.00883. The van der Waals surface area contributed by atoms with Gasteiger partial charge in [-0.25, -0.2) is 0 Å². The predicted molar refractivity (Wildman–Crippen MR) is 123 cm³/mol. The lowest BCUT2D eigenvalue weighted by atomic mass is 9.87. The zero-order valence-electron chi connectivity index (χ0n) is 18.0. The Kier molecular flexibility index (Phi) is 7.05. The van der Waals surface area contributed by atoms with Gasteiger partial charge in [-0.1, -0.05) is 52.0 Å². The van der Waals surface area contributed by atoms with Crippen molar-refractivity contribution in [2.45, 2.75) is 71.3 Å². The molecule has 156 valence electrons. The van der Waals surface area contributed by atoms with Gasteiger partial charge < -0.3 is 10.1 Å². The van der Waals surface area contributed by atoms with E-state index in [0.29, 0.717) is 5.75 Å². The van der Waals surface area contributed by atoms with Gasteiger partial charge >= 0.3 is 0 Å². The highest BCUT2D eigenvalue weighted by Crippen LogP contribution is 2.31. The van der Waals surface area contributed by atoms with Crippen LogP contribution >= 0.6 is 15.9 Å². The summed E-state index contributed by atoms with van der Waals surface area (Å²) >= 11 is 3.57. The van der Waals surface area contributed by atoms with E-state index in [4.69, 9.17) is 4.74 Å². The number of nitrogens with one attached hydrogen (secondary N) is 1.